The van der Waals surface area contributed by atoms with E-state index in [2.05, 4.69) is 23.6 Å². The summed E-state index contributed by atoms with van der Waals surface area (Å²) in [5, 5.41) is 1.68. The molecule has 0 aliphatic heterocycles. The van der Waals surface area contributed by atoms with Crippen LogP contribution in [0.25, 0.3) is 11.4 Å². The zero-order chi connectivity index (χ0) is 20.3. The highest BCUT2D eigenvalue weighted by atomic mass is 31.2. The number of hydrogen-bond acceptors (Lipinski definition) is 2. The molecule has 4 aromatic rings. The van der Waals surface area contributed by atoms with Gasteiger partial charge < -0.3 is 9.13 Å². The van der Waals surface area contributed by atoms with Crippen molar-refractivity contribution in [2.45, 2.75) is 26.8 Å². The number of hydrogen-bond donors (Lipinski definition) is 0. The molecule has 0 radical (unpaired) electrons. The zero-order valence-corrected chi connectivity index (χ0v) is 17.7. The largest absolute Gasteiger partial charge is 0.321 e. The van der Waals surface area contributed by atoms with Crippen molar-refractivity contribution < 1.29 is 4.57 Å². The minimum absolute atomic E-state index is 0.768. The summed E-state index contributed by atoms with van der Waals surface area (Å²) in [4.78, 5) is 4.91. The van der Waals surface area contributed by atoms with Crippen LogP contribution in [0.5, 0.6) is 0 Å². The van der Waals surface area contributed by atoms with Gasteiger partial charge in [0.15, 0.2) is 7.14 Å². The predicted octanol–water partition coefficient (Wildman–Crippen LogP) is 4.91. The number of rotatable bonds is 6. The first-order valence-electron chi connectivity index (χ1n) is 10.0. The first-order chi connectivity index (χ1) is 14.2. The van der Waals surface area contributed by atoms with Crippen molar-refractivity contribution in [1.82, 2.24) is 9.55 Å². The molecule has 0 bridgehead atoms. The Morgan fingerprint density at radius 3 is 1.76 bits per heavy atom. The molecule has 0 unspecified atom stereocenters. The molecule has 3 aromatic carbocycles. The van der Waals surface area contributed by atoms with Crippen LogP contribution in [-0.2, 0) is 11.1 Å². The Morgan fingerprint density at radius 2 is 1.28 bits per heavy atom. The molecule has 0 aliphatic carbocycles. The summed E-state index contributed by atoms with van der Waals surface area (Å²) in [7, 11) is -3.08. The van der Waals surface area contributed by atoms with Crippen LogP contribution >= 0.6 is 7.14 Å². The predicted molar refractivity (Wildman–Crippen MR) is 122 cm³/mol. The Balaban J connectivity index is 2.04. The Hall–Kier alpha value is -2.90. The van der Waals surface area contributed by atoms with Gasteiger partial charge in [-0.05, 0) is 13.3 Å². The summed E-state index contributed by atoms with van der Waals surface area (Å²) >= 11 is 0. The lowest BCUT2D eigenvalue weighted by Crippen LogP contribution is -2.31. The van der Waals surface area contributed by atoms with Crippen LogP contribution in [-0.4, -0.2) is 9.55 Å². The van der Waals surface area contributed by atoms with E-state index in [-0.39, 0.29) is 0 Å². The second kappa shape index (κ2) is 8.23. The Kier molecular flexibility index (Phi) is 5.51. The van der Waals surface area contributed by atoms with Gasteiger partial charge in [-0.3, -0.25) is 0 Å². The fourth-order valence-electron chi connectivity index (χ4n) is 3.88. The van der Waals surface area contributed by atoms with E-state index in [4.69, 9.17) is 4.98 Å². The van der Waals surface area contributed by atoms with E-state index in [0.717, 1.165) is 46.1 Å². The van der Waals surface area contributed by atoms with Gasteiger partial charge in [-0.2, -0.15) is 0 Å². The summed E-state index contributed by atoms with van der Waals surface area (Å²) in [5.74, 6) is 0.882. The van der Waals surface area contributed by atoms with Crippen molar-refractivity contribution in [1.29, 1.82) is 0 Å². The highest BCUT2D eigenvalue weighted by molar-refractivity contribution is 7.85. The standard InChI is InChI=1S/C25H25N2OP/c1-3-19-27-24(21-13-7-4-8-14-21)26-20(2)25(27)29(28,22-15-9-5-10-16-22)23-17-11-6-12-18-23/h4-18H,3,19H2,1-2H3. The summed E-state index contributed by atoms with van der Waals surface area (Å²) in [6.07, 6.45) is 0.937. The molecule has 0 saturated heterocycles. The van der Waals surface area contributed by atoms with Gasteiger partial charge in [0, 0.05) is 22.7 Å². The van der Waals surface area contributed by atoms with Crippen LogP contribution < -0.4 is 16.0 Å². The number of benzene rings is 3. The van der Waals surface area contributed by atoms with Crippen molar-refractivity contribution in [3.63, 3.8) is 0 Å². The lowest BCUT2D eigenvalue weighted by atomic mass is 10.2. The normalized spacial score (nSPS) is 11.5. The minimum atomic E-state index is -3.08. The first-order valence-corrected chi connectivity index (χ1v) is 11.7. The maximum Gasteiger partial charge on any atom is 0.188 e. The molecule has 0 aliphatic rings. The molecule has 3 nitrogen and oxygen atoms in total. The first kappa shape index (κ1) is 19.4. The van der Waals surface area contributed by atoms with Gasteiger partial charge in [0.1, 0.15) is 11.3 Å². The number of imidazole rings is 1. The Morgan fingerprint density at radius 1 is 0.793 bits per heavy atom. The summed E-state index contributed by atoms with van der Waals surface area (Å²) in [6.45, 7) is 4.89. The van der Waals surface area contributed by atoms with Gasteiger partial charge in [0.25, 0.3) is 0 Å². The van der Waals surface area contributed by atoms with Gasteiger partial charge in [0.2, 0.25) is 0 Å². The summed E-state index contributed by atoms with van der Waals surface area (Å²) in [5.41, 5.74) is 2.70. The summed E-state index contributed by atoms with van der Waals surface area (Å²) in [6, 6.07) is 29.8. The van der Waals surface area contributed by atoms with E-state index in [1.807, 2.05) is 85.8 Å². The Labute approximate surface area is 172 Å². The lowest BCUT2D eigenvalue weighted by Gasteiger charge is -2.22. The third-order valence-electron chi connectivity index (χ3n) is 5.13. The van der Waals surface area contributed by atoms with E-state index in [9.17, 15) is 4.57 Å². The van der Waals surface area contributed by atoms with Crippen LogP contribution in [0, 0.1) is 6.92 Å². The van der Waals surface area contributed by atoms with Gasteiger partial charge in [-0.1, -0.05) is 97.9 Å². The van der Waals surface area contributed by atoms with Gasteiger partial charge >= 0.3 is 0 Å². The van der Waals surface area contributed by atoms with Crippen molar-refractivity contribution in [2.24, 2.45) is 0 Å². The van der Waals surface area contributed by atoms with E-state index < -0.39 is 7.14 Å². The number of aromatic nitrogens is 2. The molecule has 146 valence electrons. The van der Waals surface area contributed by atoms with Gasteiger partial charge in [-0.25, -0.2) is 4.98 Å². The third kappa shape index (κ3) is 3.47. The van der Waals surface area contributed by atoms with Crippen LogP contribution in [0.3, 0.4) is 0 Å². The fourth-order valence-corrected chi connectivity index (χ4v) is 6.89. The second-order valence-electron chi connectivity index (χ2n) is 7.14. The fraction of sp³-hybridized carbons (Fsp3) is 0.160. The second-order valence-corrected chi connectivity index (χ2v) is 9.82. The van der Waals surface area contributed by atoms with Crippen LogP contribution in [0.1, 0.15) is 19.0 Å². The number of aryl methyl sites for hydroxylation is 1. The monoisotopic (exact) mass is 400 g/mol. The van der Waals surface area contributed by atoms with E-state index in [0.29, 0.717) is 0 Å². The minimum Gasteiger partial charge on any atom is -0.321 e. The molecule has 0 amide bonds. The zero-order valence-electron chi connectivity index (χ0n) is 16.8. The average molecular weight is 400 g/mol. The molecule has 1 aromatic heterocycles. The molecule has 0 saturated carbocycles. The molecule has 0 atom stereocenters. The molecule has 0 fully saturated rings. The van der Waals surface area contributed by atoms with E-state index in [1.54, 1.807) is 0 Å². The quantitative estimate of drug-likeness (QED) is 0.431. The van der Waals surface area contributed by atoms with Gasteiger partial charge in [-0.15, -0.1) is 0 Å². The molecule has 4 heteroatoms. The molecule has 4 rings (SSSR count). The van der Waals surface area contributed by atoms with Crippen molar-refractivity contribution in [3.05, 3.63) is 96.7 Å². The van der Waals surface area contributed by atoms with E-state index in [1.165, 1.54) is 0 Å². The van der Waals surface area contributed by atoms with Crippen LogP contribution in [0.15, 0.2) is 91.0 Å². The smallest absolute Gasteiger partial charge is 0.188 e. The number of nitrogens with zero attached hydrogens (tertiary/aromatic N) is 2. The molecule has 1 heterocycles. The van der Waals surface area contributed by atoms with Crippen LogP contribution in [0.2, 0.25) is 0 Å². The SMILES string of the molecule is CCCn1c(-c2ccccc2)nc(C)c1P(=O)(c1ccccc1)c1ccccc1. The van der Waals surface area contributed by atoms with Gasteiger partial charge in [0.05, 0.1) is 5.69 Å². The average Bonchev–Trinajstić information content (AvgIpc) is 3.11. The molecular formula is C25H25N2OP. The van der Waals surface area contributed by atoms with Crippen molar-refractivity contribution in [2.75, 3.05) is 0 Å². The highest BCUT2D eigenvalue weighted by Gasteiger charge is 2.36. The highest BCUT2D eigenvalue weighted by Crippen LogP contribution is 2.44. The topological polar surface area (TPSA) is 34.9 Å². The van der Waals surface area contributed by atoms with Crippen molar-refractivity contribution >= 4 is 23.2 Å². The maximum absolute atomic E-state index is 14.9. The molecule has 0 N–H and O–H groups in total. The molecule has 29 heavy (non-hydrogen) atoms. The van der Waals surface area contributed by atoms with Crippen LogP contribution in [0.4, 0.5) is 0 Å². The maximum atomic E-state index is 14.9. The summed E-state index contributed by atoms with van der Waals surface area (Å²) < 4.78 is 17.1. The molecule has 0 spiro atoms. The lowest BCUT2D eigenvalue weighted by molar-refractivity contribution is 0.589. The third-order valence-corrected chi connectivity index (χ3v) is 8.34. The van der Waals surface area contributed by atoms with Crippen molar-refractivity contribution in [3.8, 4) is 11.4 Å². The molecular weight excluding hydrogens is 375 g/mol. The van der Waals surface area contributed by atoms with E-state index >= 15 is 0 Å². The Bertz CT molecular complexity index is 1090.